The van der Waals surface area contributed by atoms with Crippen LogP contribution in [-0.4, -0.2) is 73.8 Å². The molecule has 0 aromatic rings. The number of likely N-dealkylation sites (N-methyl/N-ethyl adjacent to an activating group) is 1. The van der Waals surface area contributed by atoms with Gasteiger partial charge < -0.3 is 25.2 Å². The summed E-state index contributed by atoms with van der Waals surface area (Å²) in [6.07, 6.45) is 4.20. The van der Waals surface area contributed by atoms with Crippen LogP contribution in [0, 0.1) is 0 Å². The van der Waals surface area contributed by atoms with Gasteiger partial charge >= 0.3 is 0 Å². The molecule has 20 heavy (non-hydrogen) atoms. The minimum atomic E-state index is -0.787. The van der Waals surface area contributed by atoms with E-state index in [1.54, 1.807) is 6.92 Å². The molecule has 0 aromatic heterocycles. The quantitative estimate of drug-likeness (QED) is 0.439. The number of hydrogen-bond donors (Lipinski definition) is 3. The van der Waals surface area contributed by atoms with Crippen LogP contribution in [0.15, 0.2) is 0 Å². The molecule has 0 radical (unpaired) electrons. The standard InChI is InChI=1S/C15H34N2O3/c1-5-6-7-8-9-20-11-14(18)10-16-12-15(2,19)13-17(3)4/h14,16,18-19H,5-13H2,1-4H3. The summed E-state index contributed by atoms with van der Waals surface area (Å²) in [5.74, 6) is 0. The summed E-state index contributed by atoms with van der Waals surface area (Å²) < 4.78 is 5.43. The zero-order chi connectivity index (χ0) is 15.4. The fourth-order valence-electron chi connectivity index (χ4n) is 2.15. The van der Waals surface area contributed by atoms with Gasteiger partial charge in [0, 0.05) is 26.2 Å². The van der Waals surface area contributed by atoms with Crippen LogP contribution < -0.4 is 5.32 Å². The molecule has 0 aliphatic carbocycles. The molecule has 122 valence electrons. The summed E-state index contributed by atoms with van der Waals surface area (Å²) in [4.78, 5) is 1.94. The Morgan fingerprint density at radius 2 is 1.95 bits per heavy atom. The SMILES string of the molecule is CCCCCCOCC(O)CNCC(C)(O)CN(C)C. The maximum Gasteiger partial charge on any atom is 0.0897 e. The van der Waals surface area contributed by atoms with Crippen LogP contribution in [0.2, 0.25) is 0 Å². The summed E-state index contributed by atoms with van der Waals surface area (Å²) in [5, 5.41) is 22.9. The first kappa shape index (κ1) is 19.8. The van der Waals surface area contributed by atoms with Crippen molar-refractivity contribution in [2.45, 2.75) is 51.2 Å². The lowest BCUT2D eigenvalue weighted by atomic mass is 10.1. The number of aliphatic hydroxyl groups is 2. The van der Waals surface area contributed by atoms with Gasteiger partial charge in [0.25, 0.3) is 0 Å². The molecule has 5 heteroatoms. The Balaban J connectivity index is 3.51. The first-order valence-corrected chi connectivity index (χ1v) is 7.71. The molecule has 0 saturated carbocycles. The van der Waals surface area contributed by atoms with E-state index in [2.05, 4.69) is 12.2 Å². The van der Waals surface area contributed by atoms with Crippen molar-refractivity contribution in [3.05, 3.63) is 0 Å². The molecule has 0 aliphatic heterocycles. The lowest BCUT2D eigenvalue weighted by molar-refractivity contribution is 0.0172. The average molecular weight is 290 g/mol. The van der Waals surface area contributed by atoms with Gasteiger partial charge in [-0.3, -0.25) is 0 Å². The van der Waals surface area contributed by atoms with Gasteiger partial charge in [0.05, 0.1) is 18.3 Å². The Kier molecular flexibility index (Phi) is 11.3. The smallest absolute Gasteiger partial charge is 0.0897 e. The number of hydrogen-bond acceptors (Lipinski definition) is 5. The molecular formula is C15H34N2O3. The highest BCUT2D eigenvalue weighted by Crippen LogP contribution is 2.02. The van der Waals surface area contributed by atoms with E-state index in [1.807, 2.05) is 19.0 Å². The van der Waals surface area contributed by atoms with Crippen LogP contribution in [0.25, 0.3) is 0 Å². The zero-order valence-corrected chi connectivity index (χ0v) is 13.7. The normalized spacial score (nSPS) is 16.4. The highest BCUT2D eigenvalue weighted by Gasteiger charge is 2.21. The highest BCUT2D eigenvalue weighted by atomic mass is 16.5. The van der Waals surface area contributed by atoms with Gasteiger partial charge in [0.15, 0.2) is 0 Å². The van der Waals surface area contributed by atoms with E-state index in [0.29, 0.717) is 26.2 Å². The predicted molar refractivity (Wildman–Crippen MR) is 83.0 cm³/mol. The molecule has 2 atom stereocenters. The summed E-state index contributed by atoms with van der Waals surface area (Å²) in [7, 11) is 3.85. The first-order chi connectivity index (χ1) is 9.37. The van der Waals surface area contributed by atoms with E-state index in [9.17, 15) is 10.2 Å². The summed E-state index contributed by atoms with van der Waals surface area (Å²) in [6, 6.07) is 0. The van der Waals surface area contributed by atoms with Crippen molar-refractivity contribution in [2.24, 2.45) is 0 Å². The second-order valence-corrected chi connectivity index (χ2v) is 6.16. The van der Waals surface area contributed by atoms with Gasteiger partial charge in [-0.2, -0.15) is 0 Å². The van der Waals surface area contributed by atoms with E-state index < -0.39 is 11.7 Å². The maximum atomic E-state index is 10.1. The van der Waals surface area contributed by atoms with Crippen LogP contribution >= 0.6 is 0 Å². The molecule has 0 fully saturated rings. The second-order valence-electron chi connectivity index (χ2n) is 6.16. The van der Waals surface area contributed by atoms with Crippen molar-refractivity contribution in [3.63, 3.8) is 0 Å². The largest absolute Gasteiger partial charge is 0.389 e. The van der Waals surface area contributed by atoms with E-state index in [1.165, 1.54) is 19.3 Å². The van der Waals surface area contributed by atoms with Crippen LogP contribution in [0.4, 0.5) is 0 Å². The number of aliphatic hydroxyl groups excluding tert-OH is 1. The molecular weight excluding hydrogens is 256 g/mol. The molecule has 0 aromatic carbocycles. The van der Waals surface area contributed by atoms with E-state index in [0.717, 1.165) is 13.0 Å². The Hall–Kier alpha value is -0.200. The Labute approximate surface area is 124 Å². The number of ether oxygens (including phenoxy) is 1. The van der Waals surface area contributed by atoms with Gasteiger partial charge in [-0.05, 0) is 27.4 Å². The van der Waals surface area contributed by atoms with Crippen molar-refractivity contribution in [1.82, 2.24) is 10.2 Å². The Morgan fingerprint density at radius 3 is 2.55 bits per heavy atom. The Bertz CT molecular complexity index is 223. The van der Waals surface area contributed by atoms with Crippen LogP contribution in [0.3, 0.4) is 0 Å². The van der Waals surface area contributed by atoms with E-state index >= 15 is 0 Å². The van der Waals surface area contributed by atoms with Gasteiger partial charge in [-0.1, -0.05) is 26.2 Å². The molecule has 2 unspecified atom stereocenters. The molecule has 0 heterocycles. The maximum absolute atomic E-state index is 10.1. The molecule has 5 nitrogen and oxygen atoms in total. The van der Waals surface area contributed by atoms with Gasteiger partial charge in [0.2, 0.25) is 0 Å². The Morgan fingerprint density at radius 1 is 1.25 bits per heavy atom. The summed E-state index contributed by atoms with van der Waals surface area (Å²) in [5.41, 5.74) is -0.787. The van der Waals surface area contributed by atoms with Gasteiger partial charge in [0.1, 0.15) is 0 Å². The number of rotatable bonds is 13. The third-order valence-corrected chi connectivity index (χ3v) is 3.00. The molecule has 0 bridgehead atoms. The fourth-order valence-corrected chi connectivity index (χ4v) is 2.15. The number of nitrogens with zero attached hydrogens (tertiary/aromatic N) is 1. The van der Waals surface area contributed by atoms with Crippen molar-refractivity contribution >= 4 is 0 Å². The second kappa shape index (κ2) is 11.5. The van der Waals surface area contributed by atoms with Gasteiger partial charge in [-0.15, -0.1) is 0 Å². The third-order valence-electron chi connectivity index (χ3n) is 3.00. The molecule has 0 rings (SSSR count). The van der Waals surface area contributed by atoms with Crippen molar-refractivity contribution in [2.75, 3.05) is 46.9 Å². The summed E-state index contributed by atoms with van der Waals surface area (Å²) >= 11 is 0. The van der Waals surface area contributed by atoms with E-state index in [-0.39, 0.29) is 0 Å². The highest BCUT2D eigenvalue weighted by molar-refractivity contribution is 4.78. The lowest BCUT2D eigenvalue weighted by Crippen LogP contribution is -2.47. The third kappa shape index (κ3) is 12.8. The monoisotopic (exact) mass is 290 g/mol. The zero-order valence-electron chi connectivity index (χ0n) is 13.7. The predicted octanol–water partition coefficient (Wildman–Crippen LogP) is 0.846. The van der Waals surface area contributed by atoms with Crippen LogP contribution in [0.1, 0.15) is 39.5 Å². The van der Waals surface area contributed by atoms with Crippen LogP contribution in [-0.2, 0) is 4.74 Å². The van der Waals surface area contributed by atoms with E-state index in [4.69, 9.17) is 4.74 Å². The van der Waals surface area contributed by atoms with Crippen molar-refractivity contribution in [1.29, 1.82) is 0 Å². The number of unbranched alkanes of at least 4 members (excludes halogenated alkanes) is 3. The molecule has 0 saturated heterocycles. The molecule has 0 aliphatic rings. The number of nitrogens with one attached hydrogen (secondary N) is 1. The lowest BCUT2D eigenvalue weighted by Gasteiger charge is -2.27. The topological polar surface area (TPSA) is 65.0 Å². The van der Waals surface area contributed by atoms with Gasteiger partial charge in [-0.25, -0.2) is 0 Å². The fraction of sp³-hybridized carbons (Fsp3) is 1.00. The van der Waals surface area contributed by atoms with Crippen LogP contribution in [0.5, 0.6) is 0 Å². The molecule has 0 spiro atoms. The molecule has 3 N–H and O–H groups in total. The van der Waals surface area contributed by atoms with Crippen molar-refractivity contribution in [3.8, 4) is 0 Å². The summed E-state index contributed by atoms with van der Waals surface area (Å²) in [6.45, 7) is 6.53. The minimum Gasteiger partial charge on any atom is -0.389 e. The van der Waals surface area contributed by atoms with Crippen molar-refractivity contribution < 1.29 is 14.9 Å². The average Bonchev–Trinajstić information content (AvgIpc) is 2.31. The first-order valence-electron chi connectivity index (χ1n) is 7.71. The molecule has 0 amide bonds. The minimum absolute atomic E-state index is 0.356.